The molecule has 5 nitrogen and oxygen atoms in total. The standard InChI is InChI=1S/C12H13N3O2S/c1-2-18(16,17)6-5-15-12-4-3-10(8-13)11(7-12)9-14/h3-4,7,15H,2,5-6H2,1H3. The molecule has 0 aromatic heterocycles. The first-order chi connectivity index (χ1) is 8.52. The van der Waals surface area contributed by atoms with Crippen molar-refractivity contribution < 1.29 is 8.42 Å². The molecule has 0 saturated heterocycles. The molecule has 0 atom stereocenters. The fraction of sp³-hybridized carbons (Fsp3) is 0.333. The Morgan fingerprint density at radius 1 is 1.22 bits per heavy atom. The number of sulfone groups is 1. The molecule has 18 heavy (non-hydrogen) atoms. The SMILES string of the molecule is CCS(=O)(=O)CCNc1ccc(C#N)c(C#N)c1. The number of nitrogens with one attached hydrogen (secondary N) is 1. The zero-order chi connectivity index (χ0) is 13.6. The van der Waals surface area contributed by atoms with Gasteiger partial charge in [-0.05, 0) is 18.2 Å². The number of nitriles is 2. The molecular weight excluding hydrogens is 250 g/mol. The minimum atomic E-state index is -3.00. The Labute approximate surface area is 107 Å². The second kappa shape index (κ2) is 6.04. The van der Waals surface area contributed by atoms with Crippen molar-refractivity contribution in [2.45, 2.75) is 6.92 Å². The molecule has 1 aromatic rings. The molecule has 94 valence electrons. The quantitative estimate of drug-likeness (QED) is 0.863. The zero-order valence-corrected chi connectivity index (χ0v) is 10.8. The molecule has 0 amide bonds. The van der Waals surface area contributed by atoms with Crippen LogP contribution in [0.3, 0.4) is 0 Å². The minimum absolute atomic E-state index is 0.0470. The van der Waals surface area contributed by atoms with Crippen molar-refractivity contribution in [1.29, 1.82) is 10.5 Å². The van der Waals surface area contributed by atoms with Gasteiger partial charge in [-0.25, -0.2) is 8.42 Å². The summed E-state index contributed by atoms with van der Waals surface area (Å²) >= 11 is 0. The Hall–Kier alpha value is -2.05. The highest BCUT2D eigenvalue weighted by molar-refractivity contribution is 7.91. The van der Waals surface area contributed by atoms with E-state index >= 15 is 0 Å². The van der Waals surface area contributed by atoms with Crippen molar-refractivity contribution >= 4 is 15.5 Å². The molecule has 1 N–H and O–H groups in total. The van der Waals surface area contributed by atoms with Gasteiger partial charge in [0.2, 0.25) is 0 Å². The summed E-state index contributed by atoms with van der Waals surface area (Å²) in [6, 6.07) is 8.57. The molecular formula is C12H13N3O2S. The molecule has 0 heterocycles. The summed E-state index contributed by atoms with van der Waals surface area (Å²) in [4.78, 5) is 0. The first-order valence-corrected chi connectivity index (χ1v) is 7.23. The lowest BCUT2D eigenvalue weighted by Gasteiger charge is -2.07. The van der Waals surface area contributed by atoms with Crippen LogP contribution in [0.25, 0.3) is 0 Å². The normalized spacial score (nSPS) is 10.4. The second-order valence-corrected chi connectivity index (χ2v) is 6.12. The average Bonchev–Trinajstić information content (AvgIpc) is 2.38. The third-order valence-electron chi connectivity index (χ3n) is 2.44. The number of rotatable bonds is 5. The molecule has 0 aliphatic carbocycles. The summed E-state index contributed by atoms with van der Waals surface area (Å²) < 4.78 is 22.6. The maximum atomic E-state index is 11.3. The van der Waals surface area contributed by atoms with Crippen LogP contribution in [0, 0.1) is 22.7 Å². The van der Waals surface area contributed by atoms with E-state index in [1.807, 2.05) is 12.1 Å². The van der Waals surface area contributed by atoms with Gasteiger partial charge in [0.05, 0.1) is 16.9 Å². The monoisotopic (exact) mass is 263 g/mol. The zero-order valence-electron chi connectivity index (χ0n) is 9.97. The fourth-order valence-electron chi connectivity index (χ4n) is 1.34. The van der Waals surface area contributed by atoms with E-state index in [4.69, 9.17) is 10.5 Å². The lowest BCUT2D eigenvalue weighted by atomic mass is 10.1. The lowest BCUT2D eigenvalue weighted by molar-refractivity contribution is 0.597. The van der Waals surface area contributed by atoms with Gasteiger partial charge in [0.25, 0.3) is 0 Å². The first kappa shape index (κ1) is 14.0. The van der Waals surface area contributed by atoms with Crippen LogP contribution < -0.4 is 5.32 Å². The molecule has 1 rings (SSSR count). The van der Waals surface area contributed by atoms with E-state index in [2.05, 4.69) is 5.32 Å². The van der Waals surface area contributed by atoms with E-state index in [1.54, 1.807) is 13.0 Å². The van der Waals surface area contributed by atoms with Crippen LogP contribution in [-0.4, -0.2) is 26.5 Å². The maximum Gasteiger partial charge on any atom is 0.151 e. The van der Waals surface area contributed by atoms with Crippen LogP contribution in [0.1, 0.15) is 18.1 Å². The molecule has 0 aliphatic rings. The Bertz CT molecular complexity index is 609. The van der Waals surface area contributed by atoms with E-state index in [0.717, 1.165) is 0 Å². The first-order valence-electron chi connectivity index (χ1n) is 5.41. The maximum absolute atomic E-state index is 11.3. The molecule has 0 bridgehead atoms. The Kier molecular flexibility index (Phi) is 4.70. The van der Waals surface area contributed by atoms with Gasteiger partial charge in [0.15, 0.2) is 9.84 Å². The van der Waals surface area contributed by atoms with Crippen molar-refractivity contribution in [3.05, 3.63) is 29.3 Å². The van der Waals surface area contributed by atoms with Crippen LogP contribution >= 0.6 is 0 Å². The van der Waals surface area contributed by atoms with E-state index in [0.29, 0.717) is 11.3 Å². The molecule has 6 heteroatoms. The number of benzene rings is 1. The highest BCUT2D eigenvalue weighted by Crippen LogP contribution is 2.14. The molecule has 0 spiro atoms. The third kappa shape index (κ3) is 3.76. The number of nitrogens with zero attached hydrogens (tertiary/aromatic N) is 2. The van der Waals surface area contributed by atoms with Gasteiger partial charge < -0.3 is 5.32 Å². The highest BCUT2D eigenvalue weighted by atomic mass is 32.2. The number of hydrogen-bond donors (Lipinski definition) is 1. The largest absolute Gasteiger partial charge is 0.384 e. The van der Waals surface area contributed by atoms with Crippen molar-refractivity contribution in [3.63, 3.8) is 0 Å². The van der Waals surface area contributed by atoms with Crippen molar-refractivity contribution in [2.75, 3.05) is 23.4 Å². The lowest BCUT2D eigenvalue weighted by Crippen LogP contribution is -2.17. The van der Waals surface area contributed by atoms with Gasteiger partial charge in [-0.3, -0.25) is 0 Å². The minimum Gasteiger partial charge on any atom is -0.384 e. The van der Waals surface area contributed by atoms with Crippen molar-refractivity contribution in [2.24, 2.45) is 0 Å². The van der Waals surface area contributed by atoms with Gasteiger partial charge in [0.1, 0.15) is 12.1 Å². The summed E-state index contributed by atoms with van der Waals surface area (Å²) in [5, 5.41) is 20.5. The predicted molar refractivity (Wildman–Crippen MR) is 68.7 cm³/mol. The van der Waals surface area contributed by atoms with E-state index in [-0.39, 0.29) is 23.6 Å². The van der Waals surface area contributed by atoms with Crippen molar-refractivity contribution in [3.8, 4) is 12.1 Å². The Balaban J connectivity index is 2.71. The van der Waals surface area contributed by atoms with Crippen LogP contribution in [0.5, 0.6) is 0 Å². The number of anilines is 1. The summed E-state index contributed by atoms with van der Waals surface area (Å²) in [5.74, 6) is 0.164. The average molecular weight is 263 g/mol. The molecule has 0 unspecified atom stereocenters. The van der Waals surface area contributed by atoms with Crippen LogP contribution in [0.2, 0.25) is 0 Å². The fourth-order valence-corrected chi connectivity index (χ4v) is 2.04. The van der Waals surface area contributed by atoms with E-state index < -0.39 is 9.84 Å². The van der Waals surface area contributed by atoms with Crippen LogP contribution in [-0.2, 0) is 9.84 Å². The molecule has 0 fully saturated rings. The molecule has 1 aromatic carbocycles. The Morgan fingerprint density at radius 3 is 2.44 bits per heavy atom. The summed E-state index contributed by atoms with van der Waals surface area (Å²) in [6.45, 7) is 1.89. The van der Waals surface area contributed by atoms with Gasteiger partial charge >= 0.3 is 0 Å². The molecule has 0 radical (unpaired) electrons. The summed E-state index contributed by atoms with van der Waals surface area (Å²) in [7, 11) is -3.00. The number of hydrogen-bond acceptors (Lipinski definition) is 5. The predicted octanol–water partition coefficient (Wildman–Crippen LogP) is 1.28. The third-order valence-corrected chi connectivity index (χ3v) is 4.15. The van der Waals surface area contributed by atoms with E-state index in [9.17, 15) is 8.42 Å². The van der Waals surface area contributed by atoms with Crippen LogP contribution in [0.4, 0.5) is 5.69 Å². The Morgan fingerprint density at radius 2 is 1.89 bits per heavy atom. The smallest absolute Gasteiger partial charge is 0.151 e. The van der Waals surface area contributed by atoms with Gasteiger partial charge in [-0.2, -0.15) is 10.5 Å². The molecule has 0 aliphatic heterocycles. The molecule has 0 saturated carbocycles. The van der Waals surface area contributed by atoms with E-state index in [1.165, 1.54) is 12.1 Å². The summed E-state index contributed by atoms with van der Waals surface area (Å²) in [5.41, 5.74) is 1.22. The summed E-state index contributed by atoms with van der Waals surface area (Å²) in [6.07, 6.45) is 0. The highest BCUT2D eigenvalue weighted by Gasteiger charge is 2.07. The second-order valence-electron chi connectivity index (χ2n) is 3.65. The van der Waals surface area contributed by atoms with Gasteiger partial charge in [-0.15, -0.1) is 0 Å². The topological polar surface area (TPSA) is 93.8 Å². The van der Waals surface area contributed by atoms with Gasteiger partial charge in [-0.1, -0.05) is 6.92 Å². The van der Waals surface area contributed by atoms with Crippen molar-refractivity contribution in [1.82, 2.24) is 0 Å². The van der Waals surface area contributed by atoms with Gasteiger partial charge in [0, 0.05) is 18.0 Å². The van der Waals surface area contributed by atoms with Crippen LogP contribution in [0.15, 0.2) is 18.2 Å².